The van der Waals surface area contributed by atoms with Crippen LogP contribution in [0.2, 0.25) is 5.02 Å². The van der Waals surface area contributed by atoms with E-state index in [4.69, 9.17) is 11.6 Å². The van der Waals surface area contributed by atoms with Gasteiger partial charge in [0, 0.05) is 28.6 Å². The first kappa shape index (κ1) is 15.0. The highest BCUT2D eigenvalue weighted by Crippen LogP contribution is 2.32. The number of halogens is 1. The summed E-state index contributed by atoms with van der Waals surface area (Å²) >= 11 is 4.03. The van der Waals surface area contributed by atoms with E-state index in [1.165, 1.54) is 4.57 Å². The molecule has 1 heterocycles. The predicted molar refractivity (Wildman–Crippen MR) is 87.0 cm³/mol. The van der Waals surface area contributed by atoms with E-state index in [1.54, 1.807) is 55.6 Å². The third-order valence-electron chi connectivity index (χ3n) is 3.45. The Hall–Kier alpha value is -1.95. The topological polar surface area (TPSA) is 65.3 Å². The molecule has 0 radical (unpaired) electrons. The Morgan fingerprint density at radius 1 is 1.14 bits per heavy atom. The lowest BCUT2D eigenvalue weighted by molar-refractivity contribution is 0.460. The molecule has 0 bridgehead atoms. The third kappa shape index (κ3) is 2.37. The number of benzene rings is 2. The van der Waals surface area contributed by atoms with Crippen LogP contribution in [-0.4, -0.2) is 14.2 Å². The molecule has 0 aliphatic heterocycles. The third-order valence-corrected chi connectivity index (χ3v) is 5.14. The van der Waals surface area contributed by atoms with Crippen molar-refractivity contribution in [2.45, 2.75) is 9.79 Å². The maximum Gasteiger partial charge on any atom is 0.310 e. The van der Waals surface area contributed by atoms with E-state index in [9.17, 15) is 14.5 Å². The van der Waals surface area contributed by atoms with Gasteiger partial charge in [-0.15, -0.1) is 0 Å². The number of aromatic nitrogens is 1. The number of para-hydroxylation sites is 1. The van der Waals surface area contributed by atoms with Crippen LogP contribution >= 0.6 is 11.6 Å². The number of hydrogen-bond acceptors (Lipinski definition) is 3. The van der Waals surface area contributed by atoms with Gasteiger partial charge in [-0.25, -0.2) is 0 Å². The maximum absolute atomic E-state index is 12.7. The summed E-state index contributed by atoms with van der Waals surface area (Å²) in [4.78, 5) is 12.8. The summed E-state index contributed by atoms with van der Waals surface area (Å²) in [6, 6.07) is 13.3. The van der Waals surface area contributed by atoms with E-state index >= 15 is 0 Å². The number of fused-ring (bicyclic) bond motifs is 1. The molecule has 3 aromatic rings. The summed E-state index contributed by atoms with van der Waals surface area (Å²) in [6.07, 6.45) is 0. The molecule has 112 valence electrons. The van der Waals surface area contributed by atoms with Crippen molar-refractivity contribution in [3.05, 3.63) is 63.9 Å². The van der Waals surface area contributed by atoms with Gasteiger partial charge in [0.15, 0.2) is 10.6 Å². The highest BCUT2D eigenvalue weighted by molar-refractivity contribution is 7.91. The lowest BCUT2D eigenvalue weighted by Crippen LogP contribution is -2.24. The molecule has 0 spiro atoms. The highest BCUT2D eigenvalue weighted by atomic mass is 35.5. The van der Waals surface area contributed by atoms with Gasteiger partial charge in [-0.05, 0) is 36.4 Å². The first-order valence-corrected chi connectivity index (χ1v) is 8.01. The van der Waals surface area contributed by atoms with E-state index in [1.807, 2.05) is 0 Å². The molecule has 6 heteroatoms. The van der Waals surface area contributed by atoms with Gasteiger partial charge in [0.05, 0.1) is 5.52 Å². The molecule has 0 aliphatic rings. The fourth-order valence-electron chi connectivity index (χ4n) is 2.29. The van der Waals surface area contributed by atoms with Crippen molar-refractivity contribution >= 4 is 33.7 Å². The van der Waals surface area contributed by atoms with Gasteiger partial charge in [0.2, 0.25) is 0 Å². The lowest BCUT2D eigenvalue weighted by Gasteiger charge is -2.14. The summed E-state index contributed by atoms with van der Waals surface area (Å²) < 4.78 is 14.1. The second-order valence-corrected chi connectivity index (χ2v) is 6.64. The summed E-state index contributed by atoms with van der Waals surface area (Å²) in [5.74, 6) is -0.244. The van der Waals surface area contributed by atoms with Crippen molar-refractivity contribution < 1.29 is 9.66 Å². The van der Waals surface area contributed by atoms with Crippen LogP contribution in [-0.2, 0) is 18.2 Å². The van der Waals surface area contributed by atoms with Gasteiger partial charge in [-0.1, -0.05) is 23.7 Å². The zero-order chi connectivity index (χ0) is 15.9. The Bertz CT molecular complexity index is 906. The second kappa shape index (κ2) is 5.68. The molecule has 1 N–H and O–H groups in total. The van der Waals surface area contributed by atoms with Crippen molar-refractivity contribution in [3.63, 3.8) is 0 Å². The highest BCUT2D eigenvalue weighted by Gasteiger charge is 2.27. The van der Waals surface area contributed by atoms with Crippen LogP contribution in [0.5, 0.6) is 5.75 Å². The van der Waals surface area contributed by atoms with E-state index < -0.39 is 16.7 Å². The van der Waals surface area contributed by atoms with E-state index in [0.717, 1.165) is 0 Å². The molecule has 0 fully saturated rings. The van der Waals surface area contributed by atoms with E-state index in [-0.39, 0.29) is 10.6 Å². The van der Waals surface area contributed by atoms with Crippen LogP contribution in [0.15, 0.2) is 63.1 Å². The van der Waals surface area contributed by atoms with Crippen LogP contribution in [0.25, 0.3) is 10.9 Å². The lowest BCUT2D eigenvalue weighted by atomic mass is 10.2. The van der Waals surface area contributed by atoms with Crippen LogP contribution in [0.4, 0.5) is 0 Å². The van der Waals surface area contributed by atoms with Gasteiger partial charge in [0.25, 0.3) is 4.90 Å². The van der Waals surface area contributed by atoms with Crippen LogP contribution < -0.4 is 5.56 Å². The molecule has 0 amide bonds. The molecule has 4 nitrogen and oxygen atoms in total. The number of aryl methyl sites for hydroxylation is 1. The van der Waals surface area contributed by atoms with Gasteiger partial charge in [0.1, 0.15) is 0 Å². The summed E-state index contributed by atoms with van der Waals surface area (Å²) in [6.45, 7) is 0. The molecule has 2 aromatic carbocycles. The molecule has 0 aliphatic carbocycles. The second-order valence-electron chi connectivity index (χ2n) is 4.78. The van der Waals surface area contributed by atoms with Crippen molar-refractivity contribution in [1.29, 1.82) is 0 Å². The molecule has 0 saturated carbocycles. The van der Waals surface area contributed by atoms with Crippen LogP contribution in [0.3, 0.4) is 0 Å². The fraction of sp³-hybridized carbons (Fsp3) is 0.0625. The van der Waals surface area contributed by atoms with Crippen LogP contribution in [0.1, 0.15) is 0 Å². The minimum Gasteiger partial charge on any atom is -0.606 e. The molecule has 1 atom stereocenters. The van der Waals surface area contributed by atoms with E-state index in [2.05, 4.69) is 0 Å². The van der Waals surface area contributed by atoms with Crippen molar-refractivity contribution in [1.82, 2.24) is 4.57 Å². The summed E-state index contributed by atoms with van der Waals surface area (Å²) in [7, 11) is 1.59. The number of nitrogens with zero attached hydrogens (tertiary/aromatic N) is 1. The van der Waals surface area contributed by atoms with Crippen LogP contribution in [0, 0.1) is 0 Å². The normalized spacial score (nSPS) is 12.5. The largest absolute Gasteiger partial charge is 0.606 e. The van der Waals surface area contributed by atoms with E-state index in [0.29, 0.717) is 20.8 Å². The molecular formula is C16H12ClNO3S. The smallest absolute Gasteiger partial charge is 0.310 e. The Labute approximate surface area is 134 Å². The SMILES string of the molecule is Cn1c(=O)c([S+]([O-])c2ccc(Cl)cc2)c(O)c2ccccc21. The zero-order valence-corrected chi connectivity index (χ0v) is 13.2. The van der Waals surface area contributed by atoms with Gasteiger partial charge >= 0.3 is 5.56 Å². The minimum atomic E-state index is -1.79. The summed E-state index contributed by atoms with van der Waals surface area (Å²) in [5.41, 5.74) is 0.103. The Morgan fingerprint density at radius 2 is 1.77 bits per heavy atom. The first-order valence-electron chi connectivity index (χ1n) is 6.48. The Kier molecular flexibility index (Phi) is 3.87. The Balaban J connectivity index is 2.26. The monoisotopic (exact) mass is 333 g/mol. The molecule has 1 unspecified atom stereocenters. The molecule has 22 heavy (non-hydrogen) atoms. The standard InChI is InChI=1S/C16H12ClNO3S/c1-18-13-5-3-2-4-12(13)14(19)15(16(18)20)22(21)11-8-6-10(17)7-9-11/h2-9,19H,1H3. The van der Waals surface area contributed by atoms with Gasteiger partial charge in [-0.2, -0.15) is 0 Å². The minimum absolute atomic E-state index is 0.122. The zero-order valence-electron chi connectivity index (χ0n) is 11.6. The predicted octanol–water partition coefficient (Wildman–Crippen LogP) is 3.06. The Morgan fingerprint density at radius 3 is 2.45 bits per heavy atom. The average molecular weight is 334 g/mol. The molecule has 3 rings (SSSR count). The van der Waals surface area contributed by atoms with Crippen molar-refractivity contribution in [2.75, 3.05) is 0 Å². The molecule has 1 aromatic heterocycles. The van der Waals surface area contributed by atoms with Crippen molar-refractivity contribution in [2.24, 2.45) is 7.05 Å². The van der Waals surface area contributed by atoms with Gasteiger partial charge in [-0.3, -0.25) is 4.79 Å². The maximum atomic E-state index is 12.7. The fourth-order valence-corrected chi connectivity index (χ4v) is 3.62. The number of aromatic hydroxyl groups is 1. The number of hydrogen-bond donors (Lipinski definition) is 1. The van der Waals surface area contributed by atoms with Crippen molar-refractivity contribution in [3.8, 4) is 5.75 Å². The first-order chi connectivity index (χ1) is 10.5. The average Bonchev–Trinajstić information content (AvgIpc) is 2.53. The van der Waals surface area contributed by atoms with Gasteiger partial charge < -0.3 is 14.2 Å². The number of rotatable bonds is 2. The number of pyridine rings is 1. The molecule has 0 saturated heterocycles. The molecular weight excluding hydrogens is 322 g/mol. The quantitative estimate of drug-likeness (QED) is 0.733. The summed E-state index contributed by atoms with van der Waals surface area (Å²) in [5, 5.41) is 11.4.